The third kappa shape index (κ3) is 4.15. The predicted molar refractivity (Wildman–Crippen MR) is 120 cm³/mol. The lowest BCUT2D eigenvalue weighted by Crippen LogP contribution is -2.22. The standard InChI is InChI=1S/C25H23N3O2/c1-28(16-15-18-9-5-3-6-10-18)24-23(19-11-7-4-8-12-19)26-21-14-13-20(25(29)30-2)17-22(21)27-24/h3-14,17H,15-16H2,1-2H3. The number of rotatable bonds is 6. The first-order valence-electron chi connectivity index (χ1n) is 9.86. The van der Waals surface area contributed by atoms with Crippen LogP contribution in [0.15, 0.2) is 78.9 Å². The molecule has 0 aliphatic carbocycles. The van der Waals surface area contributed by atoms with Gasteiger partial charge in [0.1, 0.15) is 5.69 Å². The third-order valence-corrected chi connectivity index (χ3v) is 5.05. The second-order valence-electron chi connectivity index (χ2n) is 7.11. The highest BCUT2D eigenvalue weighted by molar-refractivity contribution is 5.94. The van der Waals surface area contributed by atoms with Crippen molar-refractivity contribution in [3.05, 3.63) is 90.0 Å². The third-order valence-electron chi connectivity index (χ3n) is 5.05. The van der Waals surface area contributed by atoms with Crippen molar-refractivity contribution in [1.29, 1.82) is 0 Å². The van der Waals surface area contributed by atoms with Crippen LogP contribution < -0.4 is 4.90 Å². The van der Waals surface area contributed by atoms with Gasteiger partial charge >= 0.3 is 5.97 Å². The van der Waals surface area contributed by atoms with Gasteiger partial charge in [0.05, 0.1) is 23.7 Å². The van der Waals surface area contributed by atoms with E-state index < -0.39 is 0 Å². The lowest BCUT2D eigenvalue weighted by atomic mass is 10.1. The normalized spacial score (nSPS) is 10.7. The van der Waals surface area contributed by atoms with Crippen molar-refractivity contribution in [1.82, 2.24) is 9.97 Å². The van der Waals surface area contributed by atoms with Crippen molar-refractivity contribution in [3.8, 4) is 11.3 Å². The van der Waals surface area contributed by atoms with Gasteiger partial charge in [-0.2, -0.15) is 0 Å². The molecule has 3 aromatic carbocycles. The molecule has 4 rings (SSSR count). The van der Waals surface area contributed by atoms with Crippen LogP contribution in [0.5, 0.6) is 0 Å². The Morgan fingerprint density at radius 3 is 2.30 bits per heavy atom. The van der Waals surface area contributed by atoms with Gasteiger partial charge in [-0.15, -0.1) is 0 Å². The maximum atomic E-state index is 11.9. The van der Waals surface area contributed by atoms with Gasteiger partial charge in [0.15, 0.2) is 5.82 Å². The number of esters is 1. The van der Waals surface area contributed by atoms with Crippen LogP contribution in [0, 0.1) is 0 Å². The highest BCUT2D eigenvalue weighted by atomic mass is 16.5. The number of methoxy groups -OCH3 is 1. The first-order chi connectivity index (χ1) is 14.7. The number of likely N-dealkylation sites (N-methyl/N-ethyl adjacent to an activating group) is 1. The molecule has 0 fully saturated rings. The van der Waals surface area contributed by atoms with Gasteiger partial charge in [-0.1, -0.05) is 60.7 Å². The minimum atomic E-state index is -0.384. The quantitative estimate of drug-likeness (QED) is 0.439. The van der Waals surface area contributed by atoms with E-state index in [-0.39, 0.29) is 5.97 Å². The van der Waals surface area contributed by atoms with Crippen molar-refractivity contribution in [2.75, 3.05) is 25.6 Å². The second kappa shape index (κ2) is 8.74. The van der Waals surface area contributed by atoms with Gasteiger partial charge in [0, 0.05) is 19.2 Å². The molecule has 150 valence electrons. The number of carbonyl (C=O) groups excluding carboxylic acids is 1. The smallest absolute Gasteiger partial charge is 0.337 e. The number of hydrogen-bond donors (Lipinski definition) is 0. The monoisotopic (exact) mass is 397 g/mol. The minimum Gasteiger partial charge on any atom is -0.465 e. The first kappa shape index (κ1) is 19.6. The van der Waals surface area contributed by atoms with Crippen LogP contribution >= 0.6 is 0 Å². The van der Waals surface area contributed by atoms with Crippen LogP contribution in [0.2, 0.25) is 0 Å². The highest BCUT2D eigenvalue weighted by Gasteiger charge is 2.16. The summed E-state index contributed by atoms with van der Waals surface area (Å²) in [7, 11) is 3.40. The Labute approximate surface area is 176 Å². The Balaban J connectivity index is 1.76. The highest BCUT2D eigenvalue weighted by Crippen LogP contribution is 2.29. The zero-order chi connectivity index (χ0) is 20.9. The van der Waals surface area contributed by atoms with E-state index in [0.717, 1.165) is 35.6 Å². The van der Waals surface area contributed by atoms with Gasteiger partial charge in [-0.25, -0.2) is 14.8 Å². The summed E-state index contributed by atoms with van der Waals surface area (Å²) < 4.78 is 4.85. The van der Waals surface area contributed by atoms with Gasteiger partial charge in [0.25, 0.3) is 0 Å². The summed E-state index contributed by atoms with van der Waals surface area (Å²) in [5.41, 5.74) is 4.97. The molecule has 0 aliphatic heterocycles. The first-order valence-corrected chi connectivity index (χ1v) is 9.86. The fourth-order valence-electron chi connectivity index (χ4n) is 3.39. The van der Waals surface area contributed by atoms with Gasteiger partial charge in [-0.3, -0.25) is 0 Å². The maximum Gasteiger partial charge on any atom is 0.337 e. The number of carbonyl (C=O) groups is 1. The molecule has 0 N–H and O–H groups in total. The van der Waals surface area contributed by atoms with E-state index in [0.29, 0.717) is 11.1 Å². The number of hydrogen-bond acceptors (Lipinski definition) is 5. The zero-order valence-corrected chi connectivity index (χ0v) is 17.1. The predicted octanol–water partition coefficient (Wildman–Crippen LogP) is 4.76. The molecule has 30 heavy (non-hydrogen) atoms. The molecule has 4 aromatic rings. The molecule has 0 aliphatic rings. The Morgan fingerprint density at radius 2 is 1.60 bits per heavy atom. The maximum absolute atomic E-state index is 11.9. The van der Waals surface area contributed by atoms with Crippen LogP contribution in [0.4, 0.5) is 5.82 Å². The molecule has 0 bridgehead atoms. The van der Waals surface area contributed by atoms with E-state index >= 15 is 0 Å². The Kier molecular flexibility index (Phi) is 5.70. The van der Waals surface area contributed by atoms with Crippen LogP contribution in [-0.4, -0.2) is 36.6 Å². The summed E-state index contributed by atoms with van der Waals surface area (Å²) in [4.78, 5) is 23.8. The van der Waals surface area contributed by atoms with E-state index in [1.54, 1.807) is 12.1 Å². The van der Waals surface area contributed by atoms with E-state index in [4.69, 9.17) is 14.7 Å². The van der Waals surface area contributed by atoms with Crippen LogP contribution in [0.1, 0.15) is 15.9 Å². The van der Waals surface area contributed by atoms with Crippen molar-refractivity contribution in [2.45, 2.75) is 6.42 Å². The summed E-state index contributed by atoms with van der Waals surface area (Å²) in [5.74, 6) is 0.400. The lowest BCUT2D eigenvalue weighted by molar-refractivity contribution is 0.0601. The minimum absolute atomic E-state index is 0.384. The summed E-state index contributed by atoms with van der Waals surface area (Å²) in [6.45, 7) is 0.792. The Bertz CT molecular complexity index is 1160. The lowest BCUT2D eigenvalue weighted by Gasteiger charge is -2.21. The summed E-state index contributed by atoms with van der Waals surface area (Å²) in [6, 6.07) is 25.7. The summed E-state index contributed by atoms with van der Waals surface area (Å²) in [6.07, 6.45) is 0.896. The molecule has 0 radical (unpaired) electrons. The van der Waals surface area contributed by atoms with E-state index in [9.17, 15) is 4.79 Å². The fourth-order valence-corrected chi connectivity index (χ4v) is 3.39. The number of nitrogens with zero attached hydrogens (tertiary/aromatic N) is 3. The fraction of sp³-hybridized carbons (Fsp3) is 0.160. The number of fused-ring (bicyclic) bond motifs is 1. The van der Waals surface area contributed by atoms with Gasteiger partial charge in [-0.05, 0) is 30.2 Å². The molecule has 0 saturated heterocycles. The summed E-state index contributed by atoms with van der Waals surface area (Å²) >= 11 is 0. The Morgan fingerprint density at radius 1 is 0.900 bits per heavy atom. The molecule has 5 heteroatoms. The largest absolute Gasteiger partial charge is 0.465 e. The van der Waals surface area contributed by atoms with Crippen molar-refractivity contribution in [2.24, 2.45) is 0 Å². The number of ether oxygens (including phenoxy) is 1. The molecule has 1 aromatic heterocycles. The molecule has 0 unspecified atom stereocenters. The molecule has 1 heterocycles. The second-order valence-corrected chi connectivity index (χ2v) is 7.11. The molecule has 0 atom stereocenters. The average Bonchev–Trinajstić information content (AvgIpc) is 2.82. The van der Waals surface area contributed by atoms with Gasteiger partial charge < -0.3 is 9.64 Å². The van der Waals surface area contributed by atoms with Crippen molar-refractivity contribution < 1.29 is 9.53 Å². The molecule has 0 saturated carbocycles. The SMILES string of the molecule is COC(=O)c1ccc2nc(-c3ccccc3)c(N(C)CCc3ccccc3)nc2c1. The average molecular weight is 397 g/mol. The molecule has 5 nitrogen and oxygen atoms in total. The molecule has 0 amide bonds. The zero-order valence-electron chi connectivity index (χ0n) is 17.1. The van der Waals surface area contributed by atoms with E-state index in [1.165, 1.54) is 12.7 Å². The molecular weight excluding hydrogens is 374 g/mol. The van der Waals surface area contributed by atoms with Crippen molar-refractivity contribution >= 4 is 22.8 Å². The number of benzene rings is 3. The van der Waals surface area contributed by atoms with Crippen LogP contribution in [0.25, 0.3) is 22.3 Å². The number of aromatic nitrogens is 2. The van der Waals surface area contributed by atoms with Crippen molar-refractivity contribution in [3.63, 3.8) is 0 Å². The summed E-state index contributed by atoms with van der Waals surface area (Å²) in [5, 5.41) is 0. The van der Waals surface area contributed by atoms with E-state index in [1.807, 2.05) is 49.5 Å². The molecular formula is C25H23N3O2. The number of anilines is 1. The van der Waals surface area contributed by atoms with Gasteiger partial charge in [0.2, 0.25) is 0 Å². The van der Waals surface area contributed by atoms with Crippen LogP contribution in [-0.2, 0) is 11.2 Å². The topological polar surface area (TPSA) is 55.3 Å². The van der Waals surface area contributed by atoms with Crippen LogP contribution in [0.3, 0.4) is 0 Å². The van der Waals surface area contributed by atoms with E-state index in [2.05, 4.69) is 29.2 Å². The Hall–Kier alpha value is -3.73. The molecule has 0 spiro atoms.